The zero-order chi connectivity index (χ0) is 20.6. The lowest BCUT2D eigenvalue weighted by Gasteiger charge is -2.34. The standard InChI is InChI=1S/C19H23F4NO3S/c20-18(28(26,27)16-7-3-6-14(12-16)19(21,22)23)10-8-15(9-11-18)24-17(25)13-4-1-2-5-13/h3,6-7,12-13,15H,1-2,4-5,8-11H2,(H,24,25). The molecule has 2 aliphatic carbocycles. The fraction of sp³-hybridized carbons (Fsp3) is 0.632. The molecule has 0 bridgehead atoms. The molecule has 2 aliphatic rings. The van der Waals surface area contributed by atoms with Crippen molar-refractivity contribution in [3.05, 3.63) is 29.8 Å². The summed E-state index contributed by atoms with van der Waals surface area (Å²) in [6.45, 7) is 0. The summed E-state index contributed by atoms with van der Waals surface area (Å²) in [5.41, 5.74) is -1.13. The van der Waals surface area contributed by atoms with Crippen LogP contribution in [0, 0.1) is 5.92 Å². The number of carbonyl (C=O) groups excluding carboxylic acids is 1. The molecular formula is C19H23F4NO3S. The molecule has 0 atom stereocenters. The molecule has 28 heavy (non-hydrogen) atoms. The maximum absolute atomic E-state index is 15.3. The van der Waals surface area contributed by atoms with Gasteiger partial charge in [0.05, 0.1) is 10.5 Å². The van der Waals surface area contributed by atoms with E-state index in [0.29, 0.717) is 6.07 Å². The second-order valence-electron chi connectivity index (χ2n) is 7.68. The molecule has 2 fully saturated rings. The second-order valence-corrected chi connectivity index (χ2v) is 9.89. The molecule has 1 N–H and O–H groups in total. The fourth-order valence-corrected chi connectivity index (χ4v) is 5.76. The molecule has 3 rings (SSSR count). The first-order valence-electron chi connectivity index (χ1n) is 9.44. The summed E-state index contributed by atoms with van der Waals surface area (Å²) in [4.78, 5) is 11.5. The lowest BCUT2D eigenvalue weighted by molar-refractivity contribution is -0.137. The average molecular weight is 421 g/mol. The highest BCUT2D eigenvalue weighted by Crippen LogP contribution is 2.41. The van der Waals surface area contributed by atoms with E-state index in [1.165, 1.54) is 0 Å². The predicted octanol–water partition coefficient (Wildman–Crippen LogP) is 4.39. The van der Waals surface area contributed by atoms with Crippen molar-refractivity contribution in [2.75, 3.05) is 0 Å². The summed E-state index contributed by atoms with van der Waals surface area (Å²) in [7, 11) is -4.59. The van der Waals surface area contributed by atoms with Crippen LogP contribution in [0.2, 0.25) is 0 Å². The van der Waals surface area contributed by atoms with Crippen molar-refractivity contribution < 1.29 is 30.8 Å². The van der Waals surface area contributed by atoms with Gasteiger partial charge in [0, 0.05) is 12.0 Å². The van der Waals surface area contributed by atoms with Gasteiger partial charge in [-0.2, -0.15) is 13.2 Å². The van der Waals surface area contributed by atoms with Gasteiger partial charge >= 0.3 is 6.18 Å². The van der Waals surface area contributed by atoms with Crippen LogP contribution in [-0.2, 0) is 20.8 Å². The van der Waals surface area contributed by atoms with Crippen molar-refractivity contribution in [1.82, 2.24) is 5.32 Å². The van der Waals surface area contributed by atoms with Crippen LogP contribution in [-0.4, -0.2) is 25.4 Å². The molecule has 0 saturated heterocycles. The normalized spacial score (nSPS) is 26.9. The Labute approximate surface area is 161 Å². The molecule has 0 unspecified atom stereocenters. The van der Waals surface area contributed by atoms with Gasteiger partial charge in [-0.05, 0) is 56.7 Å². The summed E-state index contributed by atoms with van der Waals surface area (Å²) in [5.74, 6) is -0.111. The Kier molecular flexibility index (Phi) is 5.76. The van der Waals surface area contributed by atoms with Crippen molar-refractivity contribution in [1.29, 1.82) is 0 Å². The smallest absolute Gasteiger partial charge is 0.353 e. The van der Waals surface area contributed by atoms with E-state index in [1.807, 2.05) is 0 Å². The highest BCUT2D eigenvalue weighted by molar-refractivity contribution is 7.92. The Morgan fingerprint density at radius 3 is 2.25 bits per heavy atom. The van der Waals surface area contributed by atoms with E-state index in [2.05, 4.69) is 5.32 Å². The third kappa shape index (κ3) is 4.18. The summed E-state index contributed by atoms with van der Waals surface area (Å²) < 4.78 is 79.3. The van der Waals surface area contributed by atoms with Gasteiger partial charge in [0.15, 0.2) is 0 Å². The van der Waals surface area contributed by atoms with E-state index >= 15 is 4.39 Å². The molecule has 2 saturated carbocycles. The molecule has 0 spiro atoms. The minimum absolute atomic E-state index is 0.0362. The third-order valence-electron chi connectivity index (χ3n) is 5.76. The van der Waals surface area contributed by atoms with Crippen molar-refractivity contribution >= 4 is 15.7 Å². The van der Waals surface area contributed by atoms with E-state index in [9.17, 15) is 26.4 Å². The van der Waals surface area contributed by atoms with Gasteiger partial charge in [0.25, 0.3) is 0 Å². The SMILES string of the molecule is O=C(NC1CCC(F)(S(=O)(=O)c2cccc(C(F)(F)F)c2)CC1)C1CCCC1. The maximum atomic E-state index is 15.3. The number of alkyl halides is 4. The van der Waals surface area contributed by atoms with Gasteiger partial charge < -0.3 is 5.32 Å². The van der Waals surface area contributed by atoms with Crippen molar-refractivity contribution in [3.8, 4) is 0 Å². The Hall–Kier alpha value is -1.64. The third-order valence-corrected chi connectivity index (χ3v) is 8.00. The van der Waals surface area contributed by atoms with Crippen molar-refractivity contribution in [2.45, 2.75) is 73.5 Å². The minimum Gasteiger partial charge on any atom is -0.353 e. The monoisotopic (exact) mass is 421 g/mol. The Bertz CT molecular complexity index is 824. The topological polar surface area (TPSA) is 63.2 Å². The van der Waals surface area contributed by atoms with Crippen LogP contribution in [0.25, 0.3) is 0 Å². The lowest BCUT2D eigenvalue weighted by Crippen LogP contribution is -2.46. The molecule has 156 valence electrons. The number of carbonyl (C=O) groups is 1. The van der Waals surface area contributed by atoms with Gasteiger partial charge in [0.2, 0.25) is 20.7 Å². The highest BCUT2D eigenvalue weighted by Gasteiger charge is 2.48. The first-order chi connectivity index (χ1) is 13.0. The van der Waals surface area contributed by atoms with Crippen molar-refractivity contribution in [2.24, 2.45) is 5.92 Å². The summed E-state index contributed by atoms with van der Waals surface area (Å²) in [5, 5.41) is 0.236. The molecular weight excluding hydrogens is 398 g/mol. The molecule has 1 aromatic carbocycles. The van der Waals surface area contributed by atoms with Crippen LogP contribution in [0.5, 0.6) is 0 Å². The summed E-state index contributed by atoms with van der Waals surface area (Å²) in [6, 6.07) is 2.87. The van der Waals surface area contributed by atoms with Crippen LogP contribution >= 0.6 is 0 Å². The van der Waals surface area contributed by atoms with Gasteiger partial charge in [-0.25, -0.2) is 12.8 Å². The number of benzene rings is 1. The Morgan fingerprint density at radius 2 is 1.68 bits per heavy atom. The van der Waals surface area contributed by atoms with E-state index < -0.39 is 31.5 Å². The molecule has 0 heterocycles. The van der Waals surface area contributed by atoms with E-state index in [1.54, 1.807) is 0 Å². The molecule has 0 aromatic heterocycles. The number of rotatable bonds is 4. The lowest BCUT2D eigenvalue weighted by atomic mass is 9.92. The Morgan fingerprint density at radius 1 is 1.07 bits per heavy atom. The molecule has 9 heteroatoms. The molecule has 4 nitrogen and oxygen atoms in total. The number of hydrogen-bond acceptors (Lipinski definition) is 3. The zero-order valence-corrected chi connectivity index (χ0v) is 16.1. The Balaban J connectivity index is 1.69. The van der Waals surface area contributed by atoms with Crippen LogP contribution in [0.1, 0.15) is 56.9 Å². The summed E-state index contributed by atoms with van der Waals surface area (Å²) in [6.07, 6.45) is -1.50. The molecule has 0 aliphatic heterocycles. The van der Waals surface area contributed by atoms with Crippen LogP contribution in [0.15, 0.2) is 29.2 Å². The van der Waals surface area contributed by atoms with Gasteiger partial charge in [-0.1, -0.05) is 18.9 Å². The first-order valence-corrected chi connectivity index (χ1v) is 10.9. The van der Waals surface area contributed by atoms with E-state index in [-0.39, 0.29) is 43.6 Å². The fourth-order valence-electron chi connectivity index (χ4n) is 4.02. The zero-order valence-electron chi connectivity index (χ0n) is 15.3. The average Bonchev–Trinajstić information content (AvgIpc) is 3.18. The van der Waals surface area contributed by atoms with E-state index in [0.717, 1.165) is 43.9 Å². The van der Waals surface area contributed by atoms with Crippen LogP contribution in [0.3, 0.4) is 0 Å². The number of halogens is 4. The number of sulfone groups is 1. The molecule has 0 radical (unpaired) electrons. The van der Waals surface area contributed by atoms with Gasteiger partial charge in [0.1, 0.15) is 0 Å². The number of amides is 1. The molecule has 1 aromatic rings. The predicted molar refractivity (Wildman–Crippen MR) is 94.8 cm³/mol. The minimum atomic E-state index is -4.71. The second kappa shape index (κ2) is 7.65. The van der Waals surface area contributed by atoms with Gasteiger partial charge in [-0.15, -0.1) is 0 Å². The molecule has 1 amide bonds. The highest BCUT2D eigenvalue weighted by atomic mass is 32.2. The van der Waals surface area contributed by atoms with Crippen molar-refractivity contribution in [3.63, 3.8) is 0 Å². The summed E-state index contributed by atoms with van der Waals surface area (Å²) >= 11 is 0. The van der Waals surface area contributed by atoms with Gasteiger partial charge in [-0.3, -0.25) is 4.79 Å². The largest absolute Gasteiger partial charge is 0.416 e. The number of nitrogens with one attached hydrogen (secondary N) is 1. The van der Waals surface area contributed by atoms with E-state index in [4.69, 9.17) is 0 Å². The van der Waals surface area contributed by atoms with Crippen LogP contribution < -0.4 is 5.32 Å². The quantitative estimate of drug-likeness (QED) is 0.734. The first kappa shape index (κ1) is 21.1. The number of hydrogen-bond donors (Lipinski definition) is 1. The van der Waals surface area contributed by atoms with Crippen LogP contribution in [0.4, 0.5) is 17.6 Å². The maximum Gasteiger partial charge on any atom is 0.416 e.